The van der Waals surface area contributed by atoms with E-state index in [1.807, 2.05) is 0 Å². The molecular weight excluding hydrogens is 172 g/mol. The molecule has 3 atom stereocenters. The van der Waals surface area contributed by atoms with E-state index in [-0.39, 0.29) is 0 Å². The highest BCUT2D eigenvalue weighted by molar-refractivity contribution is 5.75. The Hall–Kier alpha value is -0.330. The van der Waals surface area contributed by atoms with Crippen LogP contribution in [0.4, 0.5) is 0 Å². The maximum absolute atomic E-state index is 11.0. The molecule has 3 rings (SSSR count). The number of ketones is 1. The first-order valence-corrected chi connectivity index (χ1v) is 6.25. The molecule has 0 radical (unpaired) electrons. The summed E-state index contributed by atoms with van der Waals surface area (Å²) in [4.78, 5) is 11.0. The Morgan fingerprint density at radius 3 is 2.86 bits per heavy atom. The number of carbonyl (C=O) groups excluding carboxylic acids is 1. The average Bonchev–Trinajstić information content (AvgIpc) is 2.48. The molecule has 0 spiro atoms. The van der Waals surface area contributed by atoms with Crippen molar-refractivity contribution in [3.63, 3.8) is 0 Å². The van der Waals surface area contributed by atoms with E-state index < -0.39 is 0 Å². The predicted octanol–water partition coefficient (Wildman–Crippen LogP) is 3.57. The van der Waals surface area contributed by atoms with E-state index in [1.165, 1.54) is 44.9 Å². The van der Waals surface area contributed by atoms with Gasteiger partial charge in [0, 0.05) is 6.42 Å². The molecular formula is C13H22O. The Balaban J connectivity index is 1.88. The maximum Gasteiger partial charge on any atom is 0.129 e. The van der Waals surface area contributed by atoms with Crippen molar-refractivity contribution in [2.45, 2.75) is 58.3 Å². The summed E-state index contributed by atoms with van der Waals surface area (Å²) in [7, 11) is 0. The SMILES string of the molecule is CC(=O)CCC1CC2CCCC1CC2. The highest BCUT2D eigenvalue weighted by atomic mass is 16.1. The molecule has 0 N–H and O–H groups in total. The van der Waals surface area contributed by atoms with Crippen LogP contribution in [0.3, 0.4) is 0 Å². The van der Waals surface area contributed by atoms with Gasteiger partial charge in [-0.2, -0.15) is 0 Å². The van der Waals surface area contributed by atoms with Crippen LogP contribution < -0.4 is 0 Å². The van der Waals surface area contributed by atoms with Crippen LogP contribution in [0.25, 0.3) is 0 Å². The lowest BCUT2D eigenvalue weighted by Gasteiger charge is -2.32. The van der Waals surface area contributed by atoms with Gasteiger partial charge in [-0.25, -0.2) is 0 Å². The fourth-order valence-corrected chi connectivity index (χ4v) is 3.48. The van der Waals surface area contributed by atoms with Crippen molar-refractivity contribution in [3.05, 3.63) is 0 Å². The second kappa shape index (κ2) is 4.46. The minimum atomic E-state index is 0.380. The highest BCUT2D eigenvalue weighted by Gasteiger charge is 2.32. The van der Waals surface area contributed by atoms with Crippen molar-refractivity contribution in [2.75, 3.05) is 0 Å². The minimum Gasteiger partial charge on any atom is -0.300 e. The van der Waals surface area contributed by atoms with E-state index in [0.29, 0.717) is 5.78 Å². The van der Waals surface area contributed by atoms with E-state index in [9.17, 15) is 4.79 Å². The lowest BCUT2D eigenvalue weighted by molar-refractivity contribution is -0.117. The smallest absolute Gasteiger partial charge is 0.129 e. The molecule has 80 valence electrons. The monoisotopic (exact) mass is 194 g/mol. The summed E-state index contributed by atoms with van der Waals surface area (Å²) in [5.74, 6) is 3.24. The molecule has 0 aromatic heterocycles. The van der Waals surface area contributed by atoms with Crippen molar-refractivity contribution >= 4 is 5.78 Å². The maximum atomic E-state index is 11.0. The molecule has 3 aliphatic carbocycles. The number of rotatable bonds is 3. The third-order valence-electron chi connectivity index (χ3n) is 4.30. The molecule has 0 aromatic rings. The quantitative estimate of drug-likeness (QED) is 0.671. The van der Waals surface area contributed by atoms with Gasteiger partial charge in [0.05, 0.1) is 0 Å². The van der Waals surface area contributed by atoms with Crippen LogP contribution in [0.15, 0.2) is 0 Å². The Labute approximate surface area is 87.3 Å². The van der Waals surface area contributed by atoms with Crippen LogP contribution in [-0.4, -0.2) is 5.78 Å². The van der Waals surface area contributed by atoms with Gasteiger partial charge in [0.25, 0.3) is 0 Å². The van der Waals surface area contributed by atoms with E-state index >= 15 is 0 Å². The molecule has 1 nitrogen and oxygen atoms in total. The molecule has 0 amide bonds. The van der Waals surface area contributed by atoms with Crippen molar-refractivity contribution in [3.8, 4) is 0 Å². The summed E-state index contributed by atoms with van der Waals surface area (Å²) in [5, 5.41) is 0. The molecule has 0 aliphatic heterocycles. The predicted molar refractivity (Wildman–Crippen MR) is 58.1 cm³/mol. The molecule has 2 bridgehead atoms. The summed E-state index contributed by atoms with van der Waals surface area (Å²) in [5.41, 5.74) is 0. The van der Waals surface area contributed by atoms with Crippen LogP contribution in [0.2, 0.25) is 0 Å². The number of hydrogen-bond donors (Lipinski definition) is 0. The number of hydrogen-bond acceptors (Lipinski definition) is 1. The van der Waals surface area contributed by atoms with E-state index in [1.54, 1.807) is 6.92 Å². The highest BCUT2D eigenvalue weighted by Crippen LogP contribution is 2.44. The van der Waals surface area contributed by atoms with Gasteiger partial charge in [-0.3, -0.25) is 0 Å². The minimum absolute atomic E-state index is 0.380. The second-order valence-corrected chi connectivity index (χ2v) is 5.37. The molecule has 14 heavy (non-hydrogen) atoms. The fraction of sp³-hybridized carbons (Fsp3) is 0.923. The molecule has 0 heterocycles. The van der Waals surface area contributed by atoms with Gasteiger partial charge < -0.3 is 4.79 Å². The largest absolute Gasteiger partial charge is 0.300 e. The molecule has 3 aliphatic rings. The summed E-state index contributed by atoms with van der Waals surface area (Å²) < 4.78 is 0. The number of fused-ring (bicyclic) bond motifs is 4. The van der Waals surface area contributed by atoms with Gasteiger partial charge in [-0.15, -0.1) is 0 Å². The van der Waals surface area contributed by atoms with Gasteiger partial charge in [-0.1, -0.05) is 25.7 Å². The van der Waals surface area contributed by atoms with Gasteiger partial charge in [0.15, 0.2) is 0 Å². The summed E-state index contributed by atoms with van der Waals surface area (Å²) in [6, 6.07) is 0. The van der Waals surface area contributed by atoms with Crippen molar-refractivity contribution in [1.82, 2.24) is 0 Å². The zero-order chi connectivity index (χ0) is 9.97. The fourth-order valence-electron chi connectivity index (χ4n) is 3.48. The summed E-state index contributed by atoms with van der Waals surface area (Å²) >= 11 is 0. The topological polar surface area (TPSA) is 17.1 Å². The molecule has 0 aromatic carbocycles. The average molecular weight is 194 g/mol. The van der Waals surface area contributed by atoms with Crippen LogP contribution >= 0.6 is 0 Å². The number of carbonyl (C=O) groups is 1. The zero-order valence-electron chi connectivity index (χ0n) is 9.30. The lowest BCUT2D eigenvalue weighted by atomic mass is 9.73. The van der Waals surface area contributed by atoms with Crippen LogP contribution in [-0.2, 0) is 4.79 Å². The van der Waals surface area contributed by atoms with Crippen LogP contribution in [0.1, 0.15) is 58.3 Å². The zero-order valence-corrected chi connectivity index (χ0v) is 9.30. The van der Waals surface area contributed by atoms with Crippen LogP contribution in [0, 0.1) is 17.8 Å². The third kappa shape index (κ3) is 2.37. The van der Waals surface area contributed by atoms with E-state index in [2.05, 4.69) is 0 Å². The second-order valence-electron chi connectivity index (χ2n) is 5.37. The first kappa shape index (κ1) is 10.2. The lowest BCUT2D eigenvalue weighted by Crippen LogP contribution is -2.22. The van der Waals surface area contributed by atoms with Gasteiger partial charge in [0.2, 0.25) is 0 Å². The third-order valence-corrected chi connectivity index (χ3v) is 4.30. The molecule has 3 saturated carbocycles. The van der Waals surface area contributed by atoms with Gasteiger partial charge >= 0.3 is 0 Å². The van der Waals surface area contributed by atoms with Gasteiger partial charge in [-0.05, 0) is 43.9 Å². The Morgan fingerprint density at radius 1 is 1.21 bits per heavy atom. The van der Waals surface area contributed by atoms with Crippen molar-refractivity contribution < 1.29 is 4.79 Å². The first-order chi connectivity index (χ1) is 6.75. The Kier molecular flexibility index (Phi) is 3.25. The molecule has 1 heteroatoms. The van der Waals surface area contributed by atoms with E-state index in [4.69, 9.17) is 0 Å². The summed E-state index contributed by atoms with van der Waals surface area (Å²) in [6.07, 6.45) is 10.7. The van der Waals surface area contributed by atoms with Crippen LogP contribution in [0.5, 0.6) is 0 Å². The Bertz CT molecular complexity index is 205. The molecule has 3 unspecified atom stereocenters. The molecule has 0 saturated heterocycles. The number of Topliss-reactive ketones (excluding diaryl/α,β-unsaturated/α-hetero) is 1. The van der Waals surface area contributed by atoms with Crippen molar-refractivity contribution in [2.24, 2.45) is 17.8 Å². The Morgan fingerprint density at radius 2 is 2.07 bits per heavy atom. The van der Waals surface area contributed by atoms with E-state index in [0.717, 1.165) is 24.2 Å². The standard InChI is InChI=1S/C13H22O/c1-10(14)5-7-13-9-11-3-2-4-12(13)8-6-11/h11-13H,2-9H2,1H3. The summed E-state index contributed by atoms with van der Waals surface area (Å²) in [6.45, 7) is 1.73. The normalized spacial score (nSPS) is 36.8. The molecule has 3 fully saturated rings. The van der Waals surface area contributed by atoms with Crippen molar-refractivity contribution in [1.29, 1.82) is 0 Å². The first-order valence-electron chi connectivity index (χ1n) is 6.25. The van der Waals surface area contributed by atoms with Gasteiger partial charge in [0.1, 0.15) is 5.78 Å².